The van der Waals surface area contributed by atoms with Gasteiger partial charge in [0, 0.05) is 12.1 Å². The van der Waals surface area contributed by atoms with Crippen molar-refractivity contribution in [3.8, 4) is 0 Å². The van der Waals surface area contributed by atoms with Crippen LogP contribution in [0.3, 0.4) is 0 Å². The van der Waals surface area contributed by atoms with E-state index < -0.39 is 17.0 Å². The molecule has 0 radical (unpaired) electrons. The summed E-state index contributed by atoms with van der Waals surface area (Å²) in [4.78, 5) is 21.1. The lowest BCUT2D eigenvalue weighted by atomic mass is 9.94. The lowest BCUT2D eigenvalue weighted by Crippen LogP contribution is -2.14. The van der Waals surface area contributed by atoms with Crippen molar-refractivity contribution in [2.24, 2.45) is 5.92 Å². The van der Waals surface area contributed by atoms with Gasteiger partial charge in [-0.2, -0.15) is 0 Å². The van der Waals surface area contributed by atoms with Crippen molar-refractivity contribution in [3.63, 3.8) is 0 Å². The Labute approximate surface area is 104 Å². The van der Waals surface area contributed by atoms with Gasteiger partial charge in [-0.15, -0.1) is 0 Å². The monoisotopic (exact) mass is 253 g/mol. The summed E-state index contributed by atoms with van der Waals surface area (Å²) in [5.74, 6) is -0.720. The summed E-state index contributed by atoms with van der Waals surface area (Å²) >= 11 is 0. The highest BCUT2D eigenvalue weighted by Crippen LogP contribution is 2.26. The first-order valence-corrected chi connectivity index (χ1v) is 5.45. The Balaban J connectivity index is 2.74. The number of aliphatic hydroxyl groups is 1. The molecule has 0 spiro atoms. The van der Waals surface area contributed by atoms with E-state index in [1.807, 2.05) is 0 Å². The second-order valence-corrected chi connectivity index (χ2v) is 4.05. The van der Waals surface area contributed by atoms with Crippen LogP contribution in [-0.4, -0.2) is 23.1 Å². The first-order chi connectivity index (χ1) is 8.45. The average Bonchev–Trinajstić information content (AvgIpc) is 2.37. The molecule has 1 rings (SSSR count). The van der Waals surface area contributed by atoms with Crippen molar-refractivity contribution in [2.75, 3.05) is 7.11 Å². The van der Waals surface area contributed by atoms with Crippen molar-refractivity contribution in [1.82, 2.24) is 0 Å². The zero-order chi connectivity index (χ0) is 13.7. The minimum atomic E-state index is -0.857. The molecule has 98 valence electrons. The summed E-state index contributed by atoms with van der Waals surface area (Å²) < 4.78 is 4.52. The first kappa shape index (κ1) is 14.1. The number of methoxy groups -OCH3 is 1. The summed E-state index contributed by atoms with van der Waals surface area (Å²) in [6, 6.07) is 5.61. The Bertz CT molecular complexity index is 429. The summed E-state index contributed by atoms with van der Waals surface area (Å²) in [5, 5.41) is 20.5. The third-order valence-electron chi connectivity index (χ3n) is 2.70. The summed E-state index contributed by atoms with van der Waals surface area (Å²) in [6.45, 7) is 1.71. The van der Waals surface area contributed by atoms with Crippen LogP contribution >= 0.6 is 0 Å². The molecule has 0 fully saturated rings. The molecule has 0 heterocycles. The minimum Gasteiger partial charge on any atom is -0.469 e. The van der Waals surface area contributed by atoms with Crippen LogP contribution in [0.1, 0.15) is 25.0 Å². The normalized spacial score (nSPS) is 13.7. The van der Waals surface area contributed by atoms with Gasteiger partial charge in [-0.25, -0.2) is 0 Å². The number of carbonyl (C=O) groups is 1. The van der Waals surface area contributed by atoms with E-state index >= 15 is 0 Å². The van der Waals surface area contributed by atoms with Crippen LogP contribution in [-0.2, 0) is 9.53 Å². The second-order valence-electron chi connectivity index (χ2n) is 4.05. The van der Waals surface area contributed by atoms with Crippen molar-refractivity contribution in [1.29, 1.82) is 0 Å². The van der Waals surface area contributed by atoms with Crippen LogP contribution in [0, 0.1) is 16.0 Å². The number of hydrogen-bond acceptors (Lipinski definition) is 5. The molecule has 0 aliphatic rings. The van der Waals surface area contributed by atoms with Gasteiger partial charge in [0.15, 0.2) is 0 Å². The maximum atomic E-state index is 11.1. The van der Waals surface area contributed by atoms with Crippen LogP contribution in [0.25, 0.3) is 0 Å². The van der Waals surface area contributed by atoms with Crippen LogP contribution in [0.15, 0.2) is 24.3 Å². The fourth-order valence-corrected chi connectivity index (χ4v) is 1.58. The predicted molar refractivity (Wildman–Crippen MR) is 63.9 cm³/mol. The number of carbonyl (C=O) groups excluding carboxylic acids is 1. The molecule has 6 heteroatoms. The fourth-order valence-electron chi connectivity index (χ4n) is 1.58. The number of benzene rings is 1. The molecule has 0 amide bonds. The van der Waals surface area contributed by atoms with Gasteiger partial charge in [-0.3, -0.25) is 14.9 Å². The zero-order valence-corrected chi connectivity index (χ0v) is 10.2. The molecule has 6 nitrogen and oxygen atoms in total. The van der Waals surface area contributed by atoms with Crippen LogP contribution < -0.4 is 0 Å². The van der Waals surface area contributed by atoms with Gasteiger partial charge in [0.25, 0.3) is 5.69 Å². The Kier molecular flexibility index (Phi) is 4.79. The van der Waals surface area contributed by atoms with Crippen molar-refractivity contribution < 1.29 is 19.6 Å². The third kappa shape index (κ3) is 3.53. The predicted octanol–water partition coefficient (Wildman–Crippen LogP) is 1.83. The van der Waals surface area contributed by atoms with E-state index in [-0.39, 0.29) is 18.0 Å². The number of non-ortho nitro benzene ring substituents is 1. The molecule has 0 saturated carbocycles. The van der Waals surface area contributed by atoms with E-state index in [0.717, 1.165) is 0 Å². The molecular formula is C12H15NO5. The highest BCUT2D eigenvalue weighted by molar-refractivity contribution is 5.69. The van der Waals surface area contributed by atoms with E-state index in [1.54, 1.807) is 6.92 Å². The Morgan fingerprint density at radius 3 is 2.44 bits per heavy atom. The van der Waals surface area contributed by atoms with Crippen LogP contribution in [0.4, 0.5) is 5.69 Å². The number of nitro benzene ring substituents is 1. The standard InChI is InChI=1S/C12H15NO5/c1-8(7-11(14)18-2)12(15)9-3-5-10(6-4-9)13(16)17/h3-6,8,12,15H,7H2,1-2H3. The number of nitro groups is 1. The molecule has 2 atom stereocenters. The zero-order valence-electron chi connectivity index (χ0n) is 10.2. The van der Waals surface area contributed by atoms with Gasteiger partial charge >= 0.3 is 5.97 Å². The van der Waals surface area contributed by atoms with Crippen molar-refractivity contribution in [3.05, 3.63) is 39.9 Å². The number of aliphatic hydroxyl groups excluding tert-OH is 1. The highest BCUT2D eigenvalue weighted by Gasteiger charge is 2.20. The van der Waals surface area contributed by atoms with E-state index in [2.05, 4.69) is 4.74 Å². The molecule has 2 unspecified atom stereocenters. The number of rotatable bonds is 5. The van der Waals surface area contributed by atoms with Gasteiger partial charge < -0.3 is 9.84 Å². The van der Waals surface area contributed by atoms with Crippen molar-refractivity contribution >= 4 is 11.7 Å². The summed E-state index contributed by atoms with van der Waals surface area (Å²) in [5.41, 5.74) is 0.503. The van der Waals surface area contributed by atoms with Gasteiger partial charge in [-0.1, -0.05) is 6.92 Å². The SMILES string of the molecule is COC(=O)CC(C)C(O)c1ccc([N+](=O)[O-])cc1. The maximum absolute atomic E-state index is 11.1. The van der Waals surface area contributed by atoms with Gasteiger partial charge in [-0.05, 0) is 23.6 Å². The van der Waals surface area contributed by atoms with Gasteiger partial charge in [0.2, 0.25) is 0 Å². The molecule has 1 N–H and O–H groups in total. The van der Waals surface area contributed by atoms with E-state index in [4.69, 9.17) is 0 Å². The Morgan fingerprint density at radius 1 is 1.44 bits per heavy atom. The molecule has 0 aliphatic heterocycles. The average molecular weight is 253 g/mol. The molecule has 18 heavy (non-hydrogen) atoms. The smallest absolute Gasteiger partial charge is 0.305 e. The highest BCUT2D eigenvalue weighted by atomic mass is 16.6. The van der Waals surface area contributed by atoms with Gasteiger partial charge in [0.05, 0.1) is 24.6 Å². The second kappa shape index (κ2) is 6.11. The topological polar surface area (TPSA) is 89.7 Å². The summed E-state index contributed by atoms with van der Waals surface area (Å²) in [6.07, 6.45) is -0.765. The minimum absolute atomic E-state index is 0.0356. The number of nitrogens with zero attached hydrogens (tertiary/aromatic N) is 1. The molecule has 0 bridgehead atoms. The molecular weight excluding hydrogens is 238 g/mol. The van der Waals surface area contributed by atoms with E-state index in [1.165, 1.54) is 31.4 Å². The number of ether oxygens (including phenoxy) is 1. The fraction of sp³-hybridized carbons (Fsp3) is 0.417. The molecule has 1 aromatic rings. The van der Waals surface area contributed by atoms with Crippen LogP contribution in [0.2, 0.25) is 0 Å². The Morgan fingerprint density at radius 2 is 2.00 bits per heavy atom. The van der Waals surface area contributed by atoms with E-state index in [0.29, 0.717) is 5.56 Å². The van der Waals surface area contributed by atoms with Crippen LogP contribution in [0.5, 0.6) is 0 Å². The Hall–Kier alpha value is -1.95. The molecule has 0 aromatic heterocycles. The molecule has 1 aromatic carbocycles. The lowest BCUT2D eigenvalue weighted by molar-refractivity contribution is -0.384. The quantitative estimate of drug-likeness (QED) is 0.491. The largest absolute Gasteiger partial charge is 0.469 e. The molecule has 0 saturated heterocycles. The first-order valence-electron chi connectivity index (χ1n) is 5.45. The lowest BCUT2D eigenvalue weighted by Gasteiger charge is -2.17. The molecule has 0 aliphatic carbocycles. The number of esters is 1. The van der Waals surface area contributed by atoms with E-state index in [9.17, 15) is 20.0 Å². The number of hydrogen-bond donors (Lipinski definition) is 1. The van der Waals surface area contributed by atoms with Gasteiger partial charge in [0.1, 0.15) is 0 Å². The maximum Gasteiger partial charge on any atom is 0.305 e. The van der Waals surface area contributed by atoms with Crippen molar-refractivity contribution in [2.45, 2.75) is 19.4 Å². The third-order valence-corrected chi connectivity index (χ3v) is 2.70. The summed E-state index contributed by atoms with van der Waals surface area (Å²) in [7, 11) is 1.29.